The number of hydrogen-bond donors (Lipinski definition) is 0. The summed E-state index contributed by atoms with van der Waals surface area (Å²) >= 11 is 6.20. The Bertz CT molecular complexity index is 1030. The lowest BCUT2D eigenvalue weighted by Gasteiger charge is -2.07. The van der Waals surface area contributed by atoms with Crippen LogP contribution in [0.25, 0.3) is 22.1 Å². The zero-order chi connectivity index (χ0) is 17.1. The smallest absolute Gasteiger partial charge is 0.344 e. The molecule has 1 heterocycles. The molecule has 1 aromatic heterocycles. The van der Waals surface area contributed by atoms with Crippen molar-refractivity contribution in [3.8, 4) is 23.5 Å². The fraction of sp³-hybridized carbons (Fsp3) is 0.0526. The Morgan fingerprint density at radius 3 is 2.75 bits per heavy atom. The fourth-order valence-corrected chi connectivity index (χ4v) is 2.52. The molecule has 24 heavy (non-hydrogen) atoms. The first-order valence-electron chi connectivity index (χ1n) is 7.03. The van der Waals surface area contributed by atoms with Gasteiger partial charge in [-0.15, -0.1) is 6.42 Å². The first-order chi connectivity index (χ1) is 11.6. The highest BCUT2D eigenvalue weighted by molar-refractivity contribution is 6.33. The molecule has 0 spiro atoms. The van der Waals surface area contributed by atoms with E-state index < -0.39 is 11.6 Å². The standard InChI is InChI=1S/C19H11ClO4/c1-2-9-23-18(21)13-7-8-16(20)14(11-13)15-10-12-5-3-4-6-17(12)24-19(15)22/h1,3-8,10-11H,9H2. The zero-order valence-electron chi connectivity index (χ0n) is 12.4. The molecule has 0 fully saturated rings. The minimum Gasteiger partial charge on any atom is -0.449 e. The van der Waals surface area contributed by atoms with E-state index in [1.54, 1.807) is 18.2 Å². The van der Waals surface area contributed by atoms with Crippen LogP contribution in [0.15, 0.2) is 57.7 Å². The third-order valence-electron chi connectivity index (χ3n) is 3.42. The molecule has 0 atom stereocenters. The molecule has 0 N–H and O–H groups in total. The molecule has 0 saturated heterocycles. The van der Waals surface area contributed by atoms with Crippen molar-refractivity contribution in [1.82, 2.24) is 0 Å². The molecular weight excluding hydrogens is 328 g/mol. The molecule has 0 aliphatic heterocycles. The Labute approximate surface area is 142 Å². The van der Waals surface area contributed by atoms with E-state index in [4.69, 9.17) is 27.2 Å². The Balaban J connectivity index is 2.12. The molecule has 3 aromatic rings. The van der Waals surface area contributed by atoms with Crippen LogP contribution in [0.3, 0.4) is 0 Å². The van der Waals surface area contributed by atoms with Crippen LogP contribution >= 0.6 is 11.6 Å². The monoisotopic (exact) mass is 338 g/mol. The molecule has 4 nitrogen and oxygen atoms in total. The Kier molecular flexibility index (Phi) is 4.37. The van der Waals surface area contributed by atoms with Crippen LogP contribution in [0.2, 0.25) is 5.02 Å². The van der Waals surface area contributed by atoms with E-state index in [9.17, 15) is 9.59 Å². The number of esters is 1. The highest BCUT2D eigenvalue weighted by Crippen LogP contribution is 2.29. The van der Waals surface area contributed by atoms with E-state index in [0.29, 0.717) is 16.2 Å². The van der Waals surface area contributed by atoms with E-state index in [2.05, 4.69) is 5.92 Å². The number of carbonyl (C=O) groups is 1. The first-order valence-corrected chi connectivity index (χ1v) is 7.41. The van der Waals surface area contributed by atoms with Gasteiger partial charge in [0.15, 0.2) is 6.61 Å². The number of carbonyl (C=O) groups excluding carboxylic acids is 1. The number of benzene rings is 2. The molecular formula is C19H11ClO4. The molecule has 0 saturated carbocycles. The summed E-state index contributed by atoms with van der Waals surface area (Å²) in [6, 6.07) is 13.3. The average Bonchev–Trinajstić information content (AvgIpc) is 2.59. The van der Waals surface area contributed by atoms with Gasteiger partial charge in [0.25, 0.3) is 0 Å². The van der Waals surface area contributed by atoms with Crippen LogP contribution in [0, 0.1) is 12.3 Å². The van der Waals surface area contributed by atoms with Crippen molar-refractivity contribution in [2.75, 3.05) is 6.61 Å². The number of fused-ring (bicyclic) bond motifs is 1. The van der Waals surface area contributed by atoms with Gasteiger partial charge in [-0.1, -0.05) is 35.7 Å². The number of rotatable bonds is 3. The summed E-state index contributed by atoms with van der Waals surface area (Å²) in [5.74, 6) is 1.63. The van der Waals surface area contributed by atoms with E-state index in [1.807, 2.05) is 12.1 Å². The SMILES string of the molecule is C#CCOC(=O)c1ccc(Cl)c(-c2cc3ccccc3oc2=O)c1. The van der Waals surface area contributed by atoms with Crippen LogP contribution < -0.4 is 5.63 Å². The Morgan fingerprint density at radius 2 is 1.96 bits per heavy atom. The van der Waals surface area contributed by atoms with Gasteiger partial charge in [0.05, 0.1) is 11.1 Å². The number of hydrogen-bond acceptors (Lipinski definition) is 4. The maximum absolute atomic E-state index is 12.3. The van der Waals surface area contributed by atoms with Crippen molar-refractivity contribution in [2.24, 2.45) is 0 Å². The lowest BCUT2D eigenvalue weighted by Crippen LogP contribution is -2.07. The predicted octanol–water partition coefficient (Wildman–Crippen LogP) is 3.90. The summed E-state index contributed by atoms with van der Waals surface area (Å²) in [5, 5.41) is 1.08. The minimum absolute atomic E-state index is 0.130. The summed E-state index contributed by atoms with van der Waals surface area (Å²) in [6.45, 7) is -0.130. The third-order valence-corrected chi connectivity index (χ3v) is 3.75. The highest BCUT2D eigenvalue weighted by atomic mass is 35.5. The van der Waals surface area contributed by atoms with E-state index in [0.717, 1.165) is 5.39 Å². The van der Waals surface area contributed by atoms with E-state index in [-0.39, 0.29) is 17.7 Å². The summed E-state index contributed by atoms with van der Waals surface area (Å²) in [4.78, 5) is 24.2. The van der Waals surface area contributed by atoms with Gasteiger partial charge in [-0.05, 0) is 30.3 Å². The molecule has 118 valence electrons. The van der Waals surface area contributed by atoms with Crippen molar-refractivity contribution >= 4 is 28.5 Å². The fourth-order valence-electron chi connectivity index (χ4n) is 2.30. The van der Waals surface area contributed by atoms with Crippen LogP contribution in [-0.2, 0) is 4.74 Å². The molecule has 2 aromatic carbocycles. The van der Waals surface area contributed by atoms with Gasteiger partial charge < -0.3 is 9.15 Å². The largest absolute Gasteiger partial charge is 0.449 e. The second-order valence-corrected chi connectivity index (χ2v) is 5.37. The summed E-state index contributed by atoms with van der Waals surface area (Å²) in [7, 11) is 0. The predicted molar refractivity (Wildman–Crippen MR) is 92.0 cm³/mol. The lowest BCUT2D eigenvalue weighted by atomic mass is 10.0. The van der Waals surface area contributed by atoms with Crippen molar-refractivity contribution < 1.29 is 13.9 Å². The van der Waals surface area contributed by atoms with Gasteiger partial charge in [0.2, 0.25) is 0 Å². The quantitative estimate of drug-likeness (QED) is 0.413. The van der Waals surface area contributed by atoms with Gasteiger partial charge in [0, 0.05) is 16.0 Å². The van der Waals surface area contributed by atoms with Gasteiger partial charge in [-0.25, -0.2) is 9.59 Å². The molecule has 0 amide bonds. The Hall–Kier alpha value is -3.03. The third kappa shape index (κ3) is 3.03. The number of ether oxygens (including phenoxy) is 1. The normalized spacial score (nSPS) is 10.3. The summed E-state index contributed by atoms with van der Waals surface area (Å²) < 4.78 is 10.2. The van der Waals surface area contributed by atoms with Crippen LogP contribution in [0.4, 0.5) is 0 Å². The number of para-hydroxylation sites is 1. The second-order valence-electron chi connectivity index (χ2n) is 4.96. The van der Waals surface area contributed by atoms with Gasteiger partial charge in [0.1, 0.15) is 5.58 Å². The van der Waals surface area contributed by atoms with Crippen LogP contribution in [-0.4, -0.2) is 12.6 Å². The van der Waals surface area contributed by atoms with Gasteiger partial charge in [-0.3, -0.25) is 0 Å². The van der Waals surface area contributed by atoms with Crippen molar-refractivity contribution in [3.05, 3.63) is 69.5 Å². The number of halogens is 1. The van der Waals surface area contributed by atoms with Crippen molar-refractivity contribution in [2.45, 2.75) is 0 Å². The molecule has 0 aliphatic carbocycles. The zero-order valence-corrected chi connectivity index (χ0v) is 13.2. The summed E-state index contributed by atoms with van der Waals surface area (Å²) in [5.41, 5.74) is 0.852. The molecule has 0 unspecified atom stereocenters. The van der Waals surface area contributed by atoms with Gasteiger partial charge >= 0.3 is 11.6 Å². The minimum atomic E-state index is -0.587. The lowest BCUT2D eigenvalue weighted by molar-refractivity contribution is 0.0557. The van der Waals surface area contributed by atoms with Gasteiger partial charge in [-0.2, -0.15) is 0 Å². The van der Waals surface area contributed by atoms with E-state index >= 15 is 0 Å². The molecule has 0 aliphatic rings. The topological polar surface area (TPSA) is 56.5 Å². The first kappa shape index (κ1) is 15.9. The van der Waals surface area contributed by atoms with Crippen molar-refractivity contribution in [3.63, 3.8) is 0 Å². The second kappa shape index (κ2) is 6.61. The van der Waals surface area contributed by atoms with Crippen LogP contribution in [0.5, 0.6) is 0 Å². The summed E-state index contributed by atoms with van der Waals surface area (Å²) in [6.07, 6.45) is 5.07. The average molecular weight is 339 g/mol. The highest BCUT2D eigenvalue weighted by Gasteiger charge is 2.15. The molecule has 0 radical (unpaired) electrons. The van der Waals surface area contributed by atoms with E-state index in [1.165, 1.54) is 18.2 Å². The molecule has 3 rings (SSSR count). The van der Waals surface area contributed by atoms with Crippen LogP contribution in [0.1, 0.15) is 10.4 Å². The maximum Gasteiger partial charge on any atom is 0.344 e. The molecule has 5 heteroatoms. The Morgan fingerprint density at radius 1 is 1.17 bits per heavy atom. The maximum atomic E-state index is 12.3. The number of terminal acetylenes is 1. The molecule has 0 bridgehead atoms. The van der Waals surface area contributed by atoms with Crippen molar-refractivity contribution in [1.29, 1.82) is 0 Å².